The van der Waals surface area contributed by atoms with Crippen molar-refractivity contribution >= 4 is 58.7 Å². The van der Waals surface area contributed by atoms with Crippen LogP contribution in [0.2, 0.25) is 0 Å². The second-order valence-corrected chi connectivity index (χ2v) is 0.890. The van der Waals surface area contributed by atoms with Crippen LogP contribution in [0.4, 0.5) is 13.2 Å². The van der Waals surface area contributed by atoms with Gasteiger partial charge in [-0.15, -0.1) is 13.2 Å². The van der Waals surface area contributed by atoms with Crippen LogP contribution in [0.1, 0.15) is 0 Å². The number of rotatable bonds is 1. The molecule has 0 spiro atoms. The second kappa shape index (κ2) is 5.08. The van der Waals surface area contributed by atoms with Gasteiger partial charge in [-0.2, -0.15) is 0 Å². The Morgan fingerprint density at radius 2 is 1.56 bits per heavy atom. The van der Waals surface area contributed by atoms with Crippen LogP contribution in [-0.2, 0) is 4.65 Å². The molecule has 0 aromatic rings. The van der Waals surface area contributed by atoms with Gasteiger partial charge in [-0.1, -0.05) is 0 Å². The standard InChI is InChI=1S/CH2BF3O3.K.H/c3-1(4,5)8-2(6)7;;/h6-7H;;. The SMILES string of the molecule is OB(O)OC(F)(F)F.[KH]. The van der Waals surface area contributed by atoms with Gasteiger partial charge in [-0.25, -0.2) is 0 Å². The second-order valence-electron chi connectivity index (χ2n) is 0.890. The average molecular weight is 170 g/mol. The maximum atomic E-state index is 10.8. The zero-order valence-corrected chi connectivity index (χ0v) is 3.51. The van der Waals surface area contributed by atoms with Crippen molar-refractivity contribution in [1.82, 2.24) is 0 Å². The molecule has 3 nitrogen and oxygen atoms in total. The van der Waals surface area contributed by atoms with E-state index in [1.165, 1.54) is 0 Å². The van der Waals surface area contributed by atoms with Gasteiger partial charge in [0.2, 0.25) is 0 Å². The summed E-state index contributed by atoms with van der Waals surface area (Å²) in [4.78, 5) is 0. The first-order valence-corrected chi connectivity index (χ1v) is 1.52. The molecule has 0 fully saturated rings. The summed E-state index contributed by atoms with van der Waals surface area (Å²) in [6, 6.07) is 0. The van der Waals surface area contributed by atoms with E-state index in [0.717, 1.165) is 0 Å². The van der Waals surface area contributed by atoms with Crippen LogP contribution >= 0.6 is 0 Å². The zero-order chi connectivity index (χ0) is 6.78. The van der Waals surface area contributed by atoms with Crippen LogP contribution in [0.5, 0.6) is 0 Å². The van der Waals surface area contributed by atoms with Crippen molar-refractivity contribution in [3.63, 3.8) is 0 Å². The van der Waals surface area contributed by atoms with Crippen LogP contribution < -0.4 is 0 Å². The molecule has 0 aromatic carbocycles. The molecule has 9 heavy (non-hydrogen) atoms. The van der Waals surface area contributed by atoms with E-state index in [9.17, 15) is 13.2 Å². The molecule has 50 valence electrons. The number of hydrogen-bond acceptors (Lipinski definition) is 3. The monoisotopic (exact) mass is 170 g/mol. The maximum absolute atomic E-state index is 10.8. The Morgan fingerprint density at radius 1 is 1.22 bits per heavy atom. The van der Waals surface area contributed by atoms with Gasteiger partial charge in [0.15, 0.2) is 0 Å². The van der Waals surface area contributed by atoms with Crippen molar-refractivity contribution < 1.29 is 27.9 Å². The van der Waals surface area contributed by atoms with Crippen LogP contribution in [0.15, 0.2) is 0 Å². The van der Waals surface area contributed by atoms with Crippen LogP contribution in [-0.4, -0.2) is 75.1 Å². The van der Waals surface area contributed by atoms with Crippen molar-refractivity contribution in [2.75, 3.05) is 0 Å². The summed E-state index contributed by atoms with van der Waals surface area (Å²) in [5.41, 5.74) is 0. The average Bonchev–Trinajstić information content (AvgIpc) is 1.21. The van der Waals surface area contributed by atoms with Crippen LogP contribution in [0.3, 0.4) is 0 Å². The minimum atomic E-state index is -4.98. The van der Waals surface area contributed by atoms with Gasteiger partial charge in [0.05, 0.1) is 0 Å². The Bertz CT molecular complexity index is 73.9. The molecule has 0 aliphatic heterocycles. The molecule has 0 bridgehead atoms. The Morgan fingerprint density at radius 3 is 1.56 bits per heavy atom. The Hall–Kier alpha value is 1.37. The van der Waals surface area contributed by atoms with E-state index >= 15 is 0 Å². The molecule has 2 N–H and O–H groups in total. The number of alkyl halides is 3. The molecule has 0 aliphatic carbocycles. The summed E-state index contributed by atoms with van der Waals surface area (Å²) >= 11 is 0. The third-order valence-electron chi connectivity index (χ3n) is 0.239. The first kappa shape index (κ1) is 13.0. The van der Waals surface area contributed by atoms with Crippen molar-refractivity contribution in [3.05, 3.63) is 0 Å². The fraction of sp³-hybridized carbons (Fsp3) is 1.00. The first-order chi connectivity index (χ1) is 3.42. The summed E-state index contributed by atoms with van der Waals surface area (Å²) in [5, 5.41) is 15.0. The van der Waals surface area contributed by atoms with Crippen molar-refractivity contribution in [1.29, 1.82) is 0 Å². The topological polar surface area (TPSA) is 49.7 Å². The van der Waals surface area contributed by atoms with Crippen LogP contribution in [0.25, 0.3) is 0 Å². The molecule has 0 saturated carbocycles. The molecule has 8 heteroatoms. The van der Waals surface area contributed by atoms with Gasteiger partial charge in [0, 0.05) is 0 Å². The van der Waals surface area contributed by atoms with E-state index in [4.69, 9.17) is 10.0 Å². The van der Waals surface area contributed by atoms with Crippen molar-refractivity contribution in [2.45, 2.75) is 6.36 Å². The third-order valence-corrected chi connectivity index (χ3v) is 0.239. The van der Waals surface area contributed by atoms with E-state index in [-0.39, 0.29) is 51.4 Å². The third kappa shape index (κ3) is 12.5. The molecule has 0 atom stereocenters. The van der Waals surface area contributed by atoms with Gasteiger partial charge in [-0.3, -0.25) is 4.65 Å². The molecule has 0 radical (unpaired) electrons. The van der Waals surface area contributed by atoms with Crippen molar-refractivity contribution in [3.8, 4) is 0 Å². The zero-order valence-electron chi connectivity index (χ0n) is 3.51. The minimum absolute atomic E-state index is 0. The molecule has 0 saturated heterocycles. The summed E-state index contributed by atoms with van der Waals surface area (Å²) in [7, 11) is -2.78. The van der Waals surface area contributed by atoms with Crippen molar-refractivity contribution in [2.24, 2.45) is 0 Å². The van der Waals surface area contributed by atoms with E-state index in [0.29, 0.717) is 0 Å². The van der Waals surface area contributed by atoms with Gasteiger partial charge in [0.1, 0.15) is 0 Å². The van der Waals surface area contributed by atoms with Crippen LogP contribution in [0, 0.1) is 0 Å². The fourth-order valence-electron chi connectivity index (χ4n) is 0.120. The predicted molar refractivity (Wildman–Crippen MR) is 24.5 cm³/mol. The van der Waals surface area contributed by atoms with E-state index in [1.807, 2.05) is 0 Å². The molecule has 0 aliphatic rings. The molecule has 0 heterocycles. The molecule has 0 aromatic heterocycles. The summed E-state index contributed by atoms with van der Waals surface area (Å²) in [5.74, 6) is 0. The van der Waals surface area contributed by atoms with Gasteiger partial charge in [0.25, 0.3) is 0 Å². The fourth-order valence-corrected chi connectivity index (χ4v) is 0.120. The Labute approximate surface area is 91.8 Å². The molecule has 0 rings (SSSR count). The summed E-state index contributed by atoms with van der Waals surface area (Å²) < 4.78 is 34.8. The molecule has 0 amide bonds. The molecule has 0 unspecified atom stereocenters. The van der Waals surface area contributed by atoms with E-state index in [1.54, 1.807) is 0 Å². The van der Waals surface area contributed by atoms with Gasteiger partial charge >= 0.3 is 65.1 Å². The molecular weight excluding hydrogens is 167 g/mol. The quantitative estimate of drug-likeness (QED) is 0.488. The summed E-state index contributed by atoms with van der Waals surface area (Å²) in [6.07, 6.45) is -4.98. The molecular formula is CH3BF3KO3. The predicted octanol–water partition coefficient (Wildman–Crippen LogP) is -1.16. The van der Waals surface area contributed by atoms with E-state index < -0.39 is 13.7 Å². The van der Waals surface area contributed by atoms with Gasteiger partial charge < -0.3 is 10.0 Å². The Kier molecular flexibility index (Phi) is 7.33. The first-order valence-electron chi connectivity index (χ1n) is 1.52. The summed E-state index contributed by atoms with van der Waals surface area (Å²) in [6.45, 7) is 0. The Balaban J connectivity index is 0. The number of hydrogen-bond donors (Lipinski definition) is 2. The number of halogens is 3. The van der Waals surface area contributed by atoms with Gasteiger partial charge in [-0.05, 0) is 0 Å². The normalized spacial score (nSPS) is 10.3. The van der Waals surface area contributed by atoms with E-state index in [2.05, 4.69) is 4.65 Å².